The van der Waals surface area contributed by atoms with Gasteiger partial charge in [-0.1, -0.05) is 6.92 Å². The molecule has 1 aliphatic heterocycles. The SMILES string of the molecule is CCC(C)NC(C)C(=O)c1ccc2c(c1)OCO2.Cl. The Hall–Kier alpha value is -1.26. The van der Waals surface area contributed by atoms with E-state index in [4.69, 9.17) is 9.47 Å². The lowest BCUT2D eigenvalue weighted by molar-refractivity contribution is 0.0944. The van der Waals surface area contributed by atoms with E-state index in [0.29, 0.717) is 23.1 Å². The van der Waals surface area contributed by atoms with Crippen LogP contribution in [0.4, 0.5) is 0 Å². The lowest BCUT2D eigenvalue weighted by atomic mass is 10.0. The van der Waals surface area contributed by atoms with Crippen LogP contribution in [0.1, 0.15) is 37.6 Å². The zero-order chi connectivity index (χ0) is 13.1. The molecule has 4 nitrogen and oxygen atoms in total. The van der Waals surface area contributed by atoms with Gasteiger partial charge >= 0.3 is 0 Å². The second kappa shape index (κ2) is 6.78. The second-order valence-corrected chi connectivity index (χ2v) is 4.63. The number of fused-ring (bicyclic) bond motifs is 1. The van der Waals surface area contributed by atoms with Crippen molar-refractivity contribution in [3.8, 4) is 11.5 Å². The second-order valence-electron chi connectivity index (χ2n) is 4.63. The van der Waals surface area contributed by atoms with E-state index in [1.165, 1.54) is 0 Å². The van der Waals surface area contributed by atoms with Crippen LogP contribution in [-0.2, 0) is 0 Å². The van der Waals surface area contributed by atoms with Crippen LogP contribution >= 0.6 is 12.4 Å². The number of ketones is 1. The minimum atomic E-state index is -0.194. The van der Waals surface area contributed by atoms with Gasteiger partial charge in [-0.3, -0.25) is 4.79 Å². The number of hydrogen-bond donors (Lipinski definition) is 1. The van der Waals surface area contributed by atoms with Crippen LogP contribution in [0.15, 0.2) is 18.2 Å². The first-order chi connectivity index (χ1) is 8.61. The molecule has 1 aromatic carbocycles. The van der Waals surface area contributed by atoms with Crippen molar-refractivity contribution in [1.82, 2.24) is 5.32 Å². The molecule has 2 unspecified atom stereocenters. The predicted octanol–water partition coefficient (Wildman–Crippen LogP) is 2.80. The van der Waals surface area contributed by atoms with E-state index in [-0.39, 0.29) is 31.0 Å². The molecule has 2 atom stereocenters. The molecule has 0 fully saturated rings. The molecule has 0 saturated heterocycles. The summed E-state index contributed by atoms with van der Waals surface area (Å²) in [6.07, 6.45) is 0.999. The van der Waals surface area contributed by atoms with Gasteiger partial charge in [-0.25, -0.2) is 0 Å². The number of rotatable bonds is 5. The van der Waals surface area contributed by atoms with E-state index in [0.717, 1.165) is 6.42 Å². The summed E-state index contributed by atoms with van der Waals surface area (Å²) in [7, 11) is 0. The lowest BCUT2D eigenvalue weighted by Gasteiger charge is -2.17. The number of nitrogens with one attached hydrogen (secondary N) is 1. The summed E-state index contributed by atoms with van der Waals surface area (Å²) in [5.41, 5.74) is 0.655. The summed E-state index contributed by atoms with van der Waals surface area (Å²) in [6.45, 7) is 6.28. The normalized spacial score (nSPS) is 15.5. The number of benzene rings is 1. The molecule has 0 aromatic heterocycles. The molecule has 0 radical (unpaired) electrons. The number of halogens is 1. The fraction of sp³-hybridized carbons (Fsp3) is 0.500. The molecular formula is C14H20ClNO3. The van der Waals surface area contributed by atoms with E-state index in [1.807, 2.05) is 6.92 Å². The number of hydrogen-bond acceptors (Lipinski definition) is 4. The highest BCUT2D eigenvalue weighted by Gasteiger charge is 2.20. The van der Waals surface area contributed by atoms with Crippen LogP contribution in [0.5, 0.6) is 11.5 Å². The first-order valence-corrected chi connectivity index (χ1v) is 6.31. The molecule has 1 aliphatic rings. The quantitative estimate of drug-likeness (QED) is 0.845. The number of carbonyl (C=O) groups is 1. The van der Waals surface area contributed by atoms with Gasteiger partial charge in [0.25, 0.3) is 0 Å². The van der Waals surface area contributed by atoms with E-state index in [9.17, 15) is 4.79 Å². The molecular weight excluding hydrogens is 266 g/mol. The van der Waals surface area contributed by atoms with Crippen LogP contribution in [0.3, 0.4) is 0 Å². The van der Waals surface area contributed by atoms with Crippen LogP contribution in [0.25, 0.3) is 0 Å². The van der Waals surface area contributed by atoms with Gasteiger partial charge in [0.15, 0.2) is 17.3 Å². The minimum absolute atomic E-state index is 0. The van der Waals surface area contributed by atoms with Gasteiger partial charge in [0.1, 0.15) is 0 Å². The Morgan fingerprint density at radius 3 is 2.68 bits per heavy atom. The maximum atomic E-state index is 12.2. The number of Topliss-reactive ketones (excluding diaryl/α,β-unsaturated/α-hetero) is 1. The first kappa shape index (κ1) is 15.8. The third-order valence-electron chi connectivity index (χ3n) is 3.20. The van der Waals surface area contributed by atoms with E-state index < -0.39 is 0 Å². The largest absolute Gasteiger partial charge is 0.454 e. The van der Waals surface area contributed by atoms with Gasteiger partial charge < -0.3 is 14.8 Å². The summed E-state index contributed by atoms with van der Waals surface area (Å²) in [4.78, 5) is 12.2. The summed E-state index contributed by atoms with van der Waals surface area (Å²) < 4.78 is 10.5. The van der Waals surface area contributed by atoms with Crippen molar-refractivity contribution >= 4 is 18.2 Å². The smallest absolute Gasteiger partial charge is 0.231 e. The molecule has 1 N–H and O–H groups in total. The first-order valence-electron chi connectivity index (χ1n) is 6.31. The molecule has 0 spiro atoms. The van der Waals surface area contributed by atoms with Gasteiger partial charge in [-0.2, -0.15) is 0 Å². The summed E-state index contributed by atoms with van der Waals surface area (Å²) in [5, 5.41) is 3.27. The Labute approximate surface area is 119 Å². The van der Waals surface area contributed by atoms with Crippen LogP contribution in [0.2, 0.25) is 0 Å². The van der Waals surface area contributed by atoms with Gasteiger partial charge in [-0.15, -0.1) is 12.4 Å². The van der Waals surface area contributed by atoms with E-state index in [2.05, 4.69) is 19.2 Å². The third-order valence-corrected chi connectivity index (χ3v) is 3.20. The van der Waals surface area contributed by atoms with Crippen LogP contribution in [-0.4, -0.2) is 24.7 Å². The Bertz CT molecular complexity index is 450. The van der Waals surface area contributed by atoms with Crippen molar-refractivity contribution in [3.63, 3.8) is 0 Å². The molecule has 106 valence electrons. The van der Waals surface area contributed by atoms with Crippen molar-refractivity contribution in [2.24, 2.45) is 0 Å². The van der Waals surface area contributed by atoms with E-state index in [1.54, 1.807) is 18.2 Å². The van der Waals surface area contributed by atoms with Crippen molar-refractivity contribution in [3.05, 3.63) is 23.8 Å². The van der Waals surface area contributed by atoms with Gasteiger partial charge in [0, 0.05) is 11.6 Å². The highest BCUT2D eigenvalue weighted by Crippen LogP contribution is 2.32. The molecule has 5 heteroatoms. The molecule has 0 amide bonds. The summed E-state index contributed by atoms with van der Waals surface area (Å²) in [6, 6.07) is 5.45. The van der Waals surface area contributed by atoms with Gasteiger partial charge in [-0.05, 0) is 38.5 Å². The molecule has 0 aliphatic carbocycles. The lowest BCUT2D eigenvalue weighted by Crippen LogP contribution is -2.39. The van der Waals surface area contributed by atoms with Crippen molar-refractivity contribution in [2.75, 3.05) is 6.79 Å². The molecule has 0 saturated carbocycles. The standard InChI is InChI=1S/C14H19NO3.ClH/c1-4-9(2)15-10(3)14(16)11-5-6-12-13(7-11)18-8-17-12;/h5-7,9-10,15H,4,8H2,1-3H3;1H. The van der Waals surface area contributed by atoms with E-state index >= 15 is 0 Å². The van der Waals surface area contributed by atoms with Crippen molar-refractivity contribution < 1.29 is 14.3 Å². The zero-order valence-corrected chi connectivity index (χ0v) is 12.3. The monoisotopic (exact) mass is 285 g/mol. The molecule has 19 heavy (non-hydrogen) atoms. The number of ether oxygens (including phenoxy) is 2. The summed E-state index contributed by atoms with van der Waals surface area (Å²) >= 11 is 0. The van der Waals surface area contributed by atoms with Crippen LogP contribution < -0.4 is 14.8 Å². The minimum Gasteiger partial charge on any atom is -0.454 e. The predicted molar refractivity (Wildman–Crippen MR) is 76.5 cm³/mol. The average Bonchev–Trinajstić information content (AvgIpc) is 2.84. The topological polar surface area (TPSA) is 47.6 Å². The Balaban J connectivity index is 0.00000180. The third kappa shape index (κ3) is 3.61. The average molecular weight is 286 g/mol. The summed E-state index contributed by atoms with van der Waals surface area (Å²) in [5.74, 6) is 1.43. The highest BCUT2D eigenvalue weighted by molar-refractivity contribution is 6.00. The molecule has 0 bridgehead atoms. The fourth-order valence-corrected chi connectivity index (χ4v) is 1.92. The Morgan fingerprint density at radius 2 is 2.00 bits per heavy atom. The molecule has 2 rings (SSSR count). The highest BCUT2D eigenvalue weighted by atomic mass is 35.5. The maximum Gasteiger partial charge on any atom is 0.231 e. The zero-order valence-electron chi connectivity index (χ0n) is 11.4. The fourth-order valence-electron chi connectivity index (χ4n) is 1.92. The molecule has 1 aromatic rings. The molecule has 1 heterocycles. The number of carbonyl (C=O) groups excluding carboxylic acids is 1. The van der Waals surface area contributed by atoms with Crippen molar-refractivity contribution in [1.29, 1.82) is 0 Å². The van der Waals surface area contributed by atoms with Crippen molar-refractivity contribution in [2.45, 2.75) is 39.3 Å². The Morgan fingerprint density at radius 1 is 1.32 bits per heavy atom. The van der Waals surface area contributed by atoms with Gasteiger partial charge in [0.2, 0.25) is 6.79 Å². The van der Waals surface area contributed by atoms with Gasteiger partial charge in [0.05, 0.1) is 6.04 Å². The maximum absolute atomic E-state index is 12.2. The van der Waals surface area contributed by atoms with Crippen LogP contribution in [0, 0.1) is 0 Å². The Kier molecular flexibility index (Phi) is 5.63.